The Balaban J connectivity index is 2.01. The van der Waals surface area contributed by atoms with Crippen LogP contribution in [-0.4, -0.2) is 30.6 Å². The van der Waals surface area contributed by atoms with Crippen LogP contribution in [0.15, 0.2) is 24.3 Å². The summed E-state index contributed by atoms with van der Waals surface area (Å²) >= 11 is 6.18. The molecule has 1 fully saturated rings. The third-order valence-electron chi connectivity index (χ3n) is 3.33. The van der Waals surface area contributed by atoms with E-state index in [0.717, 1.165) is 24.5 Å². The SMILES string of the molecule is NCCN1CCCC1Cc1ccccc1Cl. The molecule has 0 bridgehead atoms. The Hall–Kier alpha value is -0.570. The molecule has 3 heteroatoms. The molecule has 88 valence electrons. The number of likely N-dealkylation sites (tertiary alicyclic amines) is 1. The zero-order chi connectivity index (χ0) is 11.4. The van der Waals surface area contributed by atoms with Crippen LogP contribution in [0.25, 0.3) is 0 Å². The molecule has 1 atom stereocenters. The summed E-state index contributed by atoms with van der Waals surface area (Å²) in [6, 6.07) is 8.77. The summed E-state index contributed by atoms with van der Waals surface area (Å²) in [4.78, 5) is 2.49. The zero-order valence-electron chi connectivity index (χ0n) is 9.53. The second-order valence-electron chi connectivity index (χ2n) is 4.42. The summed E-state index contributed by atoms with van der Waals surface area (Å²) in [6.45, 7) is 2.94. The molecular weight excluding hydrogens is 220 g/mol. The molecule has 1 aromatic carbocycles. The van der Waals surface area contributed by atoms with Crippen LogP contribution in [0.4, 0.5) is 0 Å². The van der Waals surface area contributed by atoms with E-state index < -0.39 is 0 Å². The molecule has 0 amide bonds. The largest absolute Gasteiger partial charge is 0.329 e. The summed E-state index contributed by atoms with van der Waals surface area (Å²) < 4.78 is 0. The highest BCUT2D eigenvalue weighted by atomic mass is 35.5. The molecule has 0 saturated carbocycles. The first-order valence-corrected chi connectivity index (χ1v) is 6.36. The first-order valence-electron chi connectivity index (χ1n) is 5.99. The van der Waals surface area contributed by atoms with Crippen molar-refractivity contribution < 1.29 is 0 Å². The molecule has 2 rings (SSSR count). The summed E-state index contributed by atoms with van der Waals surface area (Å²) in [5.74, 6) is 0. The van der Waals surface area contributed by atoms with Gasteiger partial charge in [-0.25, -0.2) is 0 Å². The van der Waals surface area contributed by atoms with Crippen molar-refractivity contribution in [2.45, 2.75) is 25.3 Å². The lowest BCUT2D eigenvalue weighted by atomic mass is 10.0. The number of nitrogens with two attached hydrogens (primary N) is 1. The number of hydrogen-bond acceptors (Lipinski definition) is 2. The molecule has 2 nitrogen and oxygen atoms in total. The second-order valence-corrected chi connectivity index (χ2v) is 4.82. The number of halogens is 1. The van der Waals surface area contributed by atoms with E-state index in [2.05, 4.69) is 17.0 Å². The van der Waals surface area contributed by atoms with E-state index >= 15 is 0 Å². The minimum Gasteiger partial charge on any atom is -0.329 e. The molecule has 1 saturated heterocycles. The molecule has 1 aliphatic heterocycles. The van der Waals surface area contributed by atoms with Gasteiger partial charge in [0.25, 0.3) is 0 Å². The standard InChI is InChI=1S/C13H19ClN2/c14-13-6-2-1-4-11(13)10-12-5-3-8-16(12)9-7-15/h1-2,4,6,12H,3,5,7-10,15H2. The van der Waals surface area contributed by atoms with Crippen LogP contribution in [0.5, 0.6) is 0 Å². The Morgan fingerprint density at radius 1 is 1.38 bits per heavy atom. The highest BCUT2D eigenvalue weighted by Gasteiger charge is 2.24. The van der Waals surface area contributed by atoms with Crippen LogP contribution in [0.1, 0.15) is 18.4 Å². The van der Waals surface area contributed by atoms with Crippen molar-refractivity contribution in [1.82, 2.24) is 4.90 Å². The molecule has 1 aliphatic rings. The molecule has 16 heavy (non-hydrogen) atoms. The Morgan fingerprint density at radius 2 is 2.19 bits per heavy atom. The van der Waals surface area contributed by atoms with Gasteiger partial charge in [0.05, 0.1) is 0 Å². The smallest absolute Gasteiger partial charge is 0.0438 e. The average molecular weight is 239 g/mol. The zero-order valence-corrected chi connectivity index (χ0v) is 10.3. The fraction of sp³-hybridized carbons (Fsp3) is 0.538. The highest BCUT2D eigenvalue weighted by molar-refractivity contribution is 6.31. The van der Waals surface area contributed by atoms with Crippen molar-refractivity contribution in [3.8, 4) is 0 Å². The van der Waals surface area contributed by atoms with Crippen molar-refractivity contribution in [2.75, 3.05) is 19.6 Å². The lowest BCUT2D eigenvalue weighted by Gasteiger charge is -2.24. The van der Waals surface area contributed by atoms with E-state index in [1.54, 1.807) is 0 Å². The van der Waals surface area contributed by atoms with Gasteiger partial charge in [0.15, 0.2) is 0 Å². The van der Waals surface area contributed by atoms with Gasteiger partial charge in [0.1, 0.15) is 0 Å². The van der Waals surface area contributed by atoms with Gasteiger partial charge in [0, 0.05) is 24.2 Å². The number of benzene rings is 1. The van der Waals surface area contributed by atoms with E-state index in [4.69, 9.17) is 17.3 Å². The van der Waals surface area contributed by atoms with Gasteiger partial charge in [-0.15, -0.1) is 0 Å². The number of nitrogens with zero attached hydrogens (tertiary/aromatic N) is 1. The van der Waals surface area contributed by atoms with Crippen LogP contribution in [-0.2, 0) is 6.42 Å². The van der Waals surface area contributed by atoms with Gasteiger partial charge in [-0.1, -0.05) is 29.8 Å². The molecule has 2 N–H and O–H groups in total. The van der Waals surface area contributed by atoms with Crippen LogP contribution >= 0.6 is 11.6 Å². The number of hydrogen-bond donors (Lipinski definition) is 1. The predicted molar refractivity (Wildman–Crippen MR) is 68.8 cm³/mol. The maximum absolute atomic E-state index is 6.18. The monoisotopic (exact) mass is 238 g/mol. The summed E-state index contributed by atoms with van der Waals surface area (Å²) in [6.07, 6.45) is 3.61. The molecule has 0 aromatic heterocycles. The molecule has 1 aromatic rings. The summed E-state index contributed by atoms with van der Waals surface area (Å²) in [7, 11) is 0. The molecule has 1 heterocycles. The van der Waals surface area contributed by atoms with E-state index in [0.29, 0.717) is 6.04 Å². The topological polar surface area (TPSA) is 29.3 Å². The van der Waals surface area contributed by atoms with Crippen LogP contribution in [0, 0.1) is 0 Å². The van der Waals surface area contributed by atoms with E-state index in [-0.39, 0.29) is 0 Å². The van der Waals surface area contributed by atoms with Gasteiger partial charge in [-0.2, -0.15) is 0 Å². The van der Waals surface area contributed by atoms with Gasteiger partial charge >= 0.3 is 0 Å². The van der Waals surface area contributed by atoms with Crippen molar-refractivity contribution >= 4 is 11.6 Å². The fourth-order valence-electron chi connectivity index (χ4n) is 2.50. The van der Waals surface area contributed by atoms with E-state index in [1.807, 2.05) is 12.1 Å². The van der Waals surface area contributed by atoms with Crippen LogP contribution < -0.4 is 5.73 Å². The predicted octanol–water partition coefficient (Wildman–Crippen LogP) is 2.31. The molecule has 0 spiro atoms. The third-order valence-corrected chi connectivity index (χ3v) is 3.70. The van der Waals surface area contributed by atoms with Crippen molar-refractivity contribution in [3.05, 3.63) is 34.9 Å². The second kappa shape index (κ2) is 5.67. The molecular formula is C13H19ClN2. The minimum absolute atomic E-state index is 0.628. The minimum atomic E-state index is 0.628. The van der Waals surface area contributed by atoms with E-state index in [1.165, 1.54) is 24.9 Å². The molecule has 0 aliphatic carbocycles. The van der Waals surface area contributed by atoms with Crippen molar-refractivity contribution in [3.63, 3.8) is 0 Å². The third kappa shape index (κ3) is 2.76. The molecule has 1 unspecified atom stereocenters. The van der Waals surface area contributed by atoms with Gasteiger partial charge in [-0.05, 0) is 37.4 Å². The Kier molecular flexibility index (Phi) is 4.22. The quantitative estimate of drug-likeness (QED) is 0.872. The van der Waals surface area contributed by atoms with Crippen LogP contribution in [0.2, 0.25) is 5.02 Å². The normalized spacial score (nSPS) is 21.5. The maximum atomic E-state index is 6.18. The lowest BCUT2D eigenvalue weighted by Crippen LogP contribution is -2.35. The summed E-state index contributed by atoms with van der Waals surface area (Å²) in [5, 5.41) is 0.891. The Morgan fingerprint density at radius 3 is 2.94 bits per heavy atom. The average Bonchev–Trinajstić information content (AvgIpc) is 2.70. The van der Waals surface area contributed by atoms with Crippen LogP contribution in [0.3, 0.4) is 0 Å². The Bertz CT molecular complexity index is 340. The fourth-order valence-corrected chi connectivity index (χ4v) is 2.72. The van der Waals surface area contributed by atoms with Crippen molar-refractivity contribution in [2.24, 2.45) is 5.73 Å². The van der Waals surface area contributed by atoms with E-state index in [9.17, 15) is 0 Å². The highest BCUT2D eigenvalue weighted by Crippen LogP contribution is 2.24. The first-order chi connectivity index (χ1) is 7.81. The van der Waals surface area contributed by atoms with Gasteiger partial charge < -0.3 is 5.73 Å². The number of rotatable bonds is 4. The maximum Gasteiger partial charge on any atom is 0.0438 e. The first kappa shape index (κ1) is 11.9. The van der Waals surface area contributed by atoms with Gasteiger partial charge in [0.2, 0.25) is 0 Å². The summed E-state index contributed by atoms with van der Waals surface area (Å²) in [5.41, 5.74) is 6.89. The Labute approximate surface area is 102 Å². The van der Waals surface area contributed by atoms with Crippen molar-refractivity contribution in [1.29, 1.82) is 0 Å². The molecule has 0 radical (unpaired) electrons. The lowest BCUT2D eigenvalue weighted by molar-refractivity contribution is 0.259. The van der Waals surface area contributed by atoms with Gasteiger partial charge in [-0.3, -0.25) is 4.90 Å².